The minimum atomic E-state index is -3.94. The molecule has 1 amide bonds. The van der Waals surface area contributed by atoms with Crippen LogP contribution in [0.1, 0.15) is 44.0 Å². The molecule has 0 unspecified atom stereocenters. The summed E-state index contributed by atoms with van der Waals surface area (Å²) >= 11 is 1.40. The van der Waals surface area contributed by atoms with Gasteiger partial charge in [0.1, 0.15) is 5.75 Å². The molecule has 1 aromatic heterocycles. The van der Waals surface area contributed by atoms with E-state index in [1.165, 1.54) is 35.6 Å². The van der Waals surface area contributed by atoms with Crippen molar-refractivity contribution in [3.63, 3.8) is 0 Å². The van der Waals surface area contributed by atoms with Gasteiger partial charge in [-0.1, -0.05) is 25.2 Å². The van der Waals surface area contributed by atoms with E-state index in [2.05, 4.69) is 18.7 Å². The third-order valence-electron chi connectivity index (χ3n) is 6.35. The highest BCUT2D eigenvalue weighted by molar-refractivity contribution is 7.89. The van der Waals surface area contributed by atoms with E-state index in [0.717, 1.165) is 33.4 Å². The van der Waals surface area contributed by atoms with Crippen molar-refractivity contribution in [1.82, 2.24) is 14.2 Å². The largest absolute Gasteiger partial charge is 0.494 e. The third kappa shape index (κ3) is 7.55. The van der Waals surface area contributed by atoms with Gasteiger partial charge in [0, 0.05) is 44.6 Å². The van der Waals surface area contributed by atoms with Gasteiger partial charge >= 0.3 is 0 Å². The second-order valence-corrected chi connectivity index (χ2v) is 11.7. The van der Waals surface area contributed by atoms with Gasteiger partial charge < -0.3 is 9.64 Å². The normalized spacial score (nSPS) is 11.5. The first-order chi connectivity index (χ1) is 19.3. The summed E-state index contributed by atoms with van der Waals surface area (Å²) in [6, 6.07) is 15.3. The van der Waals surface area contributed by atoms with Gasteiger partial charge in [-0.05, 0) is 62.5 Å². The van der Waals surface area contributed by atoms with Gasteiger partial charge in [0.05, 0.1) is 33.9 Å². The third-order valence-corrected chi connectivity index (χ3v) is 9.31. The first-order valence-corrected chi connectivity index (χ1v) is 15.5. The van der Waals surface area contributed by atoms with Crippen molar-refractivity contribution in [3.05, 3.63) is 48.0 Å². The number of sulfonamides is 1. The molecule has 12 heteroatoms. The molecule has 0 aliphatic heterocycles. The Labute approximate surface area is 240 Å². The lowest BCUT2D eigenvalue weighted by Crippen LogP contribution is -2.39. The van der Waals surface area contributed by atoms with E-state index in [-0.39, 0.29) is 36.7 Å². The standard InChI is InChI=1S/C28H34N6O4S2/c1-4-32(5-2)19-20-34(28-31-25-14-11-23(38-6-3)21-26(25)39-28)27(35)22-9-12-24(13-10-22)40(36,37)33(17-7-15-29)18-8-16-30/h9-14,21H,4-8,17-20H2,1-3H3. The van der Waals surface area contributed by atoms with Gasteiger partial charge in [0.15, 0.2) is 5.13 Å². The number of nitrogens with zero attached hydrogens (tertiary/aromatic N) is 6. The number of rotatable bonds is 15. The summed E-state index contributed by atoms with van der Waals surface area (Å²) < 4.78 is 34.0. The van der Waals surface area contributed by atoms with Crippen molar-refractivity contribution in [2.75, 3.05) is 50.8 Å². The average molecular weight is 583 g/mol. The molecule has 0 saturated heterocycles. The Morgan fingerprint density at radius 3 is 2.17 bits per heavy atom. The van der Waals surface area contributed by atoms with E-state index in [1.807, 2.05) is 37.3 Å². The first-order valence-electron chi connectivity index (χ1n) is 13.2. The monoisotopic (exact) mass is 582 g/mol. The Morgan fingerprint density at radius 1 is 0.950 bits per heavy atom. The number of benzene rings is 2. The minimum absolute atomic E-state index is 0.00180. The van der Waals surface area contributed by atoms with Crippen molar-refractivity contribution in [1.29, 1.82) is 10.5 Å². The smallest absolute Gasteiger partial charge is 0.260 e. The van der Waals surface area contributed by atoms with Crippen molar-refractivity contribution < 1.29 is 17.9 Å². The number of amides is 1. The zero-order chi connectivity index (χ0) is 29.1. The van der Waals surface area contributed by atoms with Crippen LogP contribution >= 0.6 is 11.3 Å². The summed E-state index contributed by atoms with van der Waals surface area (Å²) in [7, 11) is -3.94. The SMILES string of the molecule is CCOc1ccc2nc(N(CCN(CC)CC)C(=O)c3ccc(S(=O)(=O)N(CCC#N)CCC#N)cc3)sc2c1. The molecule has 2 aromatic carbocycles. The van der Waals surface area contributed by atoms with Crippen molar-refractivity contribution >= 4 is 42.6 Å². The Morgan fingerprint density at radius 2 is 1.60 bits per heavy atom. The maximum absolute atomic E-state index is 13.8. The fourth-order valence-electron chi connectivity index (χ4n) is 4.11. The second-order valence-electron chi connectivity index (χ2n) is 8.79. The molecule has 0 spiro atoms. The number of hydrogen-bond donors (Lipinski definition) is 0. The highest BCUT2D eigenvalue weighted by atomic mass is 32.2. The van der Waals surface area contributed by atoms with E-state index < -0.39 is 10.0 Å². The molecule has 0 N–H and O–H groups in total. The lowest BCUT2D eigenvalue weighted by atomic mass is 10.2. The predicted octanol–water partition coefficient (Wildman–Crippen LogP) is 4.50. The molecule has 0 atom stereocenters. The molecule has 0 aliphatic carbocycles. The molecule has 10 nitrogen and oxygen atoms in total. The summed E-state index contributed by atoms with van der Waals surface area (Å²) in [5.74, 6) is 0.451. The van der Waals surface area contributed by atoms with E-state index in [4.69, 9.17) is 20.2 Å². The number of thiazole rings is 1. The van der Waals surface area contributed by atoms with Gasteiger partial charge in [0.25, 0.3) is 5.91 Å². The van der Waals surface area contributed by atoms with Crippen molar-refractivity contribution in [2.24, 2.45) is 0 Å². The highest BCUT2D eigenvalue weighted by Gasteiger charge is 2.26. The molecule has 0 aliphatic rings. The summed E-state index contributed by atoms with van der Waals surface area (Å²) in [5, 5.41) is 18.4. The van der Waals surface area contributed by atoms with Crippen LogP contribution in [0.5, 0.6) is 5.75 Å². The number of ether oxygens (including phenoxy) is 1. The van der Waals surface area contributed by atoms with Gasteiger partial charge in [-0.15, -0.1) is 0 Å². The molecule has 0 saturated carbocycles. The number of nitriles is 2. The van der Waals surface area contributed by atoms with Crippen LogP contribution in [-0.4, -0.2) is 74.4 Å². The Kier molecular flexibility index (Phi) is 11.4. The molecule has 0 bridgehead atoms. The molecule has 3 aromatic rings. The zero-order valence-corrected chi connectivity index (χ0v) is 24.7. The minimum Gasteiger partial charge on any atom is -0.494 e. The second kappa shape index (κ2) is 14.7. The van der Waals surface area contributed by atoms with E-state index >= 15 is 0 Å². The fraction of sp³-hybridized carbons (Fsp3) is 0.429. The summed E-state index contributed by atoms with van der Waals surface area (Å²) in [5.41, 5.74) is 1.09. The molecule has 40 heavy (non-hydrogen) atoms. The van der Waals surface area contributed by atoms with Crippen LogP contribution in [-0.2, 0) is 10.0 Å². The molecule has 0 fully saturated rings. The van der Waals surface area contributed by atoms with Crippen LogP contribution in [0.15, 0.2) is 47.4 Å². The summed E-state index contributed by atoms with van der Waals surface area (Å²) in [6.07, 6.45) is 0.0217. The highest BCUT2D eigenvalue weighted by Crippen LogP contribution is 2.32. The number of likely N-dealkylation sites (N-methyl/N-ethyl adjacent to an activating group) is 1. The Bertz CT molecular complexity index is 1450. The summed E-state index contributed by atoms with van der Waals surface area (Å²) in [6.45, 7) is 9.33. The number of carbonyl (C=O) groups is 1. The van der Waals surface area contributed by atoms with E-state index in [1.54, 1.807) is 4.90 Å². The van der Waals surface area contributed by atoms with Crippen LogP contribution < -0.4 is 9.64 Å². The zero-order valence-electron chi connectivity index (χ0n) is 23.0. The topological polar surface area (TPSA) is 131 Å². The molecular formula is C28H34N6O4S2. The van der Waals surface area contributed by atoms with Crippen LogP contribution in [0, 0.1) is 22.7 Å². The van der Waals surface area contributed by atoms with Gasteiger partial charge in [-0.2, -0.15) is 14.8 Å². The van der Waals surface area contributed by atoms with Gasteiger partial charge in [-0.25, -0.2) is 13.4 Å². The molecule has 3 rings (SSSR count). The number of aromatic nitrogens is 1. The maximum atomic E-state index is 13.8. The number of fused-ring (bicyclic) bond motifs is 1. The van der Waals surface area contributed by atoms with E-state index in [0.29, 0.717) is 30.4 Å². The maximum Gasteiger partial charge on any atom is 0.260 e. The fourth-order valence-corrected chi connectivity index (χ4v) is 6.57. The predicted molar refractivity (Wildman–Crippen MR) is 156 cm³/mol. The van der Waals surface area contributed by atoms with Crippen LogP contribution in [0.25, 0.3) is 10.2 Å². The molecule has 0 radical (unpaired) electrons. The van der Waals surface area contributed by atoms with Gasteiger partial charge in [0.2, 0.25) is 10.0 Å². The van der Waals surface area contributed by atoms with Crippen molar-refractivity contribution in [3.8, 4) is 17.9 Å². The van der Waals surface area contributed by atoms with Crippen LogP contribution in [0.4, 0.5) is 5.13 Å². The Balaban J connectivity index is 1.92. The number of hydrogen-bond acceptors (Lipinski definition) is 9. The van der Waals surface area contributed by atoms with Gasteiger partial charge in [-0.3, -0.25) is 9.69 Å². The lowest BCUT2D eigenvalue weighted by molar-refractivity contribution is 0.0983. The van der Waals surface area contributed by atoms with Crippen molar-refractivity contribution in [2.45, 2.75) is 38.5 Å². The quantitative estimate of drug-likeness (QED) is 0.256. The number of anilines is 1. The first kappa shape index (κ1) is 31.0. The molecule has 1 heterocycles. The molecular weight excluding hydrogens is 548 g/mol. The van der Waals surface area contributed by atoms with E-state index in [9.17, 15) is 13.2 Å². The van der Waals surface area contributed by atoms with Crippen LogP contribution in [0.2, 0.25) is 0 Å². The number of carbonyl (C=O) groups excluding carboxylic acids is 1. The molecule has 212 valence electrons. The lowest BCUT2D eigenvalue weighted by Gasteiger charge is -2.25. The Hall–Kier alpha value is -3.55. The van der Waals surface area contributed by atoms with Crippen LogP contribution in [0.3, 0.4) is 0 Å². The summed E-state index contributed by atoms with van der Waals surface area (Å²) in [4.78, 5) is 22.3. The average Bonchev–Trinajstić information content (AvgIpc) is 3.38.